The molecule has 0 unspecified atom stereocenters. The molecule has 0 radical (unpaired) electrons. The summed E-state index contributed by atoms with van der Waals surface area (Å²) in [5, 5.41) is -0.500. The third kappa shape index (κ3) is 5.44. The van der Waals surface area contributed by atoms with Crippen molar-refractivity contribution in [1.82, 2.24) is 15.0 Å². The third-order valence-corrected chi connectivity index (χ3v) is 6.12. The minimum absolute atomic E-state index is 0.0235. The largest absolute Gasteiger partial charge is 0.435 e. The Labute approximate surface area is 202 Å². The molecule has 180 valence electrons. The van der Waals surface area contributed by atoms with Gasteiger partial charge in [-0.15, -0.1) is 0 Å². The quantitative estimate of drug-likeness (QED) is 0.331. The van der Waals surface area contributed by atoms with Crippen molar-refractivity contribution in [2.75, 3.05) is 10.5 Å². The number of hydrogen-bond acceptors (Lipinski definition) is 7. The van der Waals surface area contributed by atoms with Crippen LogP contribution in [0.3, 0.4) is 0 Å². The number of nitrogen functional groups attached to an aromatic ring is 1. The van der Waals surface area contributed by atoms with Crippen LogP contribution < -0.4 is 15.2 Å². The van der Waals surface area contributed by atoms with Crippen molar-refractivity contribution in [3.63, 3.8) is 0 Å². The molecule has 0 amide bonds. The average molecular weight is 522 g/mol. The molecule has 0 saturated carbocycles. The van der Waals surface area contributed by atoms with Gasteiger partial charge in [0.15, 0.2) is 11.6 Å². The van der Waals surface area contributed by atoms with E-state index in [1.807, 2.05) is 4.72 Å². The number of nitrogens with one attached hydrogen (secondary N) is 1. The van der Waals surface area contributed by atoms with Gasteiger partial charge in [-0.3, -0.25) is 4.72 Å². The summed E-state index contributed by atoms with van der Waals surface area (Å²) >= 11 is 6.05. The van der Waals surface area contributed by atoms with Gasteiger partial charge in [0.05, 0.1) is 22.0 Å². The molecule has 0 aliphatic rings. The van der Waals surface area contributed by atoms with Crippen LogP contribution in [0, 0.1) is 17.5 Å². The molecule has 3 N–H and O–H groups in total. The van der Waals surface area contributed by atoms with E-state index in [0.29, 0.717) is 11.3 Å². The Morgan fingerprint density at radius 3 is 2.51 bits per heavy atom. The van der Waals surface area contributed by atoms with Crippen LogP contribution in [0.25, 0.3) is 11.3 Å². The minimum Gasteiger partial charge on any atom is -0.435 e. The highest BCUT2D eigenvalue weighted by atomic mass is 35.5. The summed E-state index contributed by atoms with van der Waals surface area (Å²) < 4.78 is 75.8. The Hall–Kier alpha value is -3.90. The van der Waals surface area contributed by atoms with Crippen LogP contribution >= 0.6 is 11.6 Å². The van der Waals surface area contributed by atoms with Crippen molar-refractivity contribution >= 4 is 33.3 Å². The first-order chi connectivity index (χ1) is 16.6. The van der Waals surface area contributed by atoms with E-state index in [2.05, 4.69) is 15.0 Å². The van der Waals surface area contributed by atoms with Gasteiger partial charge >= 0.3 is 0 Å². The fourth-order valence-electron chi connectivity index (χ4n) is 3.05. The number of nitrogens with zero attached hydrogens (tertiary/aromatic N) is 3. The second-order valence-corrected chi connectivity index (χ2v) is 9.20. The Kier molecular flexibility index (Phi) is 6.76. The fourth-order valence-corrected chi connectivity index (χ4v) is 4.56. The molecule has 0 spiro atoms. The van der Waals surface area contributed by atoms with Gasteiger partial charge in [-0.2, -0.15) is 4.39 Å². The molecule has 8 nitrogen and oxygen atoms in total. The Balaban J connectivity index is 1.64. The van der Waals surface area contributed by atoms with E-state index in [4.69, 9.17) is 22.1 Å². The van der Waals surface area contributed by atoms with Gasteiger partial charge in [-0.1, -0.05) is 29.8 Å². The summed E-state index contributed by atoms with van der Waals surface area (Å²) in [7, 11) is -4.35. The number of ether oxygens (including phenoxy) is 1. The molecule has 4 rings (SSSR count). The molecule has 0 fully saturated rings. The van der Waals surface area contributed by atoms with E-state index in [1.165, 1.54) is 36.7 Å². The number of aromatic nitrogens is 3. The van der Waals surface area contributed by atoms with E-state index in [9.17, 15) is 21.6 Å². The predicted molar refractivity (Wildman–Crippen MR) is 124 cm³/mol. The van der Waals surface area contributed by atoms with Gasteiger partial charge in [0.1, 0.15) is 11.5 Å². The van der Waals surface area contributed by atoms with Gasteiger partial charge < -0.3 is 10.5 Å². The molecule has 0 atom stereocenters. The standard InChI is InChI=1S/C22H15ClF3N5O3S/c23-14-10-17(34-21-13(5-3-8-28-21)16-7-9-29-22(27)30-16)18(25)19(26)20(14)31-35(32,33)11-12-4-1-2-6-15(12)24/h1-10,31H,11H2,(H2,27,29,30). The number of benzene rings is 2. The molecule has 0 aliphatic heterocycles. The van der Waals surface area contributed by atoms with E-state index in [-0.39, 0.29) is 17.4 Å². The molecule has 2 aromatic carbocycles. The molecule has 2 aromatic heterocycles. The molecule has 2 heterocycles. The maximum atomic E-state index is 14.9. The van der Waals surface area contributed by atoms with E-state index >= 15 is 0 Å². The molecule has 0 bridgehead atoms. The van der Waals surface area contributed by atoms with Crippen LogP contribution in [0.15, 0.2) is 60.9 Å². The smallest absolute Gasteiger partial charge is 0.237 e. The summed E-state index contributed by atoms with van der Waals surface area (Å²) in [5.74, 6) is -5.57. The summed E-state index contributed by atoms with van der Waals surface area (Å²) in [6, 6.07) is 10.7. The van der Waals surface area contributed by atoms with Crippen molar-refractivity contribution in [2.45, 2.75) is 5.75 Å². The Morgan fingerprint density at radius 2 is 1.77 bits per heavy atom. The van der Waals surface area contributed by atoms with Gasteiger partial charge in [0.2, 0.25) is 27.7 Å². The molecule has 13 heteroatoms. The summed E-state index contributed by atoms with van der Waals surface area (Å²) in [5.41, 5.74) is 5.20. The van der Waals surface area contributed by atoms with Crippen LogP contribution in [0.4, 0.5) is 24.8 Å². The number of anilines is 2. The molecule has 0 saturated heterocycles. The first-order valence-corrected chi connectivity index (χ1v) is 11.8. The summed E-state index contributed by atoms with van der Waals surface area (Å²) in [6.07, 6.45) is 2.75. The zero-order valence-corrected chi connectivity index (χ0v) is 19.1. The monoisotopic (exact) mass is 521 g/mol. The van der Waals surface area contributed by atoms with Gasteiger partial charge in [0, 0.05) is 24.0 Å². The van der Waals surface area contributed by atoms with Gasteiger partial charge in [0.25, 0.3) is 0 Å². The van der Waals surface area contributed by atoms with Crippen molar-refractivity contribution in [3.8, 4) is 22.9 Å². The average Bonchev–Trinajstić information content (AvgIpc) is 2.82. The maximum absolute atomic E-state index is 14.9. The highest BCUT2D eigenvalue weighted by molar-refractivity contribution is 7.91. The van der Waals surface area contributed by atoms with Crippen molar-refractivity contribution in [3.05, 3.63) is 89.0 Å². The normalized spacial score (nSPS) is 11.3. The lowest BCUT2D eigenvalue weighted by Crippen LogP contribution is -2.17. The predicted octanol–water partition coefficient (Wildman–Crippen LogP) is 4.93. The van der Waals surface area contributed by atoms with Gasteiger partial charge in [-0.05, 0) is 24.3 Å². The summed E-state index contributed by atoms with van der Waals surface area (Å²) in [4.78, 5) is 11.9. The number of rotatable bonds is 7. The lowest BCUT2D eigenvalue weighted by atomic mass is 10.2. The number of pyridine rings is 1. The van der Waals surface area contributed by atoms with Crippen LogP contribution in [0.5, 0.6) is 11.6 Å². The molecule has 35 heavy (non-hydrogen) atoms. The minimum atomic E-state index is -4.35. The van der Waals surface area contributed by atoms with Crippen LogP contribution in [0.1, 0.15) is 5.56 Å². The van der Waals surface area contributed by atoms with Crippen LogP contribution in [-0.2, 0) is 15.8 Å². The van der Waals surface area contributed by atoms with Crippen LogP contribution in [-0.4, -0.2) is 23.4 Å². The zero-order chi connectivity index (χ0) is 25.2. The first-order valence-electron chi connectivity index (χ1n) is 9.78. The van der Waals surface area contributed by atoms with Gasteiger partial charge in [-0.25, -0.2) is 32.2 Å². The molecular weight excluding hydrogens is 507 g/mol. The number of sulfonamides is 1. The Bertz CT molecular complexity index is 1520. The second kappa shape index (κ2) is 9.76. The first kappa shape index (κ1) is 24.2. The SMILES string of the molecule is Nc1nccc(-c2cccnc2Oc2cc(Cl)c(NS(=O)(=O)Cc3ccccc3F)c(F)c2F)n1. The third-order valence-electron chi connectivity index (χ3n) is 4.61. The lowest BCUT2D eigenvalue weighted by molar-refractivity contribution is 0.408. The highest BCUT2D eigenvalue weighted by Gasteiger charge is 2.25. The van der Waals surface area contributed by atoms with E-state index < -0.39 is 49.7 Å². The number of halogens is 4. The summed E-state index contributed by atoms with van der Waals surface area (Å²) in [6.45, 7) is 0. The van der Waals surface area contributed by atoms with Crippen molar-refractivity contribution < 1.29 is 26.3 Å². The number of hydrogen-bond donors (Lipinski definition) is 2. The van der Waals surface area contributed by atoms with Crippen LogP contribution in [0.2, 0.25) is 5.02 Å². The van der Waals surface area contributed by atoms with E-state index in [1.54, 1.807) is 12.1 Å². The number of nitrogens with two attached hydrogens (primary N) is 1. The highest BCUT2D eigenvalue weighted by Crippen LogP contribution is 2.38. The Morgan fingerprint density at radius 1 is 1.00 bits per heavy atom. The van der Waals surface area contributed by atoms with E-state index in [0.717, 1.165) is 12.1 Å². The second-order valence-electron chi connectivity index (χ2n) is 7.07. The fraction of sp³-hybridized carbons (Fsp3) is 0.0455. The van der Waals surface area contributed by atoms with Crippen molar-refractivity contribution in [1.29, 1.82) is 0 Å². The maximum Gasteiger partial charge on any atom is 0.237 e. The lowest BCUT2D eigenvalue weighted by Gasteiger charge is -2.15. The molecule has 4 aromatic rings. The zero-order valence-electron chi connectivity index (χ0n) is 17.5. The molecular formula is C22H15ClF3N5O3S. The van der Waals surface area contributed by atoms with Crippen molar-refractivity contribution in [2.24, 2.45) is 0 Å². The molecule has 0 aliphatic carbocycles. The topological polar surface area (TPSA) is 120 Å².